The van der Waals surface area contributed by atoms with Crippen molar-refractivity contribution in [2.24, 2.45) is 0 Å². The molecule has 2 aromatic heterocycles. The summed E-state index contributed by atoms with van der Waals surface area (Å²) >= 11 is 1.46. The van der Waals surface area contributed by atoms with Gasteiger partial charge in [0.15, 0.2) is 11.4 Å². The van der Waals surface area contributed by atoms with Crippen molar-refractivity contribution in [2.45, 2.75) is 25.7 Å². The standard InChI is InChI=1S/C19H18N4O3S/c24-14-11-23(13-7-2-1-3-8-13)22-17(14)19(26)21-20-18(25)16-10-12-6-4-5-9-15(12)27-16/h1-3,7-8,10-11,24H,4-6,9H2,(H,20,25)(H,21,26). The number of benzene rings is 1. The van der Waals surface area contributed by atoms with Gasteiger partial charge in [-0.05, 0) is 49.4 Å². The summed E-state index contributed by atoms with van der Waals surface area (Å²) in [4.78, 5) is 26.4. The summed E-state index contributed by atoms with van der Waals surface area (Å²) < 4.78 is 1.40. The highest BCUT2D eigenvalue weighted by Crippen LogP contribution is 2.29. The number of nitrogens with one attached hydrogen (secondary N) is 2. The van der Waals surface area contributed by atoms with E-state index in [4.69, 9.17) is 0 Å². The molecule has 0 bridgehead atoms. The van der Waals surface area contributed by atoms with Crippen molar-refractivity contribution in [3.05, 3.63) is 63.6 Å². The maximum absolute atomic E-state index is 12.3. The number of fused-ring (bicyclic) bond motifs is 1. The molecule has 0 fully saturated rings. The molecule has 3 aromatic rings. The third-order valence-corrected chi connectivity index (χ3v) is 5.68. The third kappa shape index (κ3) is 3.56. The van der Waals surface area contributed by atoms with Gasteiger partial charge in [0, 0.05) is 4.88 Å². The van der Waals surface area contributed by atoms with E-state index in [-0.39, 0.29) is 17.4 Å². The number of hydrogen-bond donors (Lipinski definition) is 3. The molecular formula is C19H18N4O3S. The van der Waals surface area contributed by atoms with Crippen LogP contribution in [0.25, 0.3) is 5.69 Å². The van der Waals surface area contributed by atoms with E-state index in [1.165, 1.54) is 32.7 Å². The predicted molar refractivity (Wildman–Crippen MR) is 101 cm³/mol. The maximum Gasteiger partial charge on any atom is 0.294 e. The first kappa shape index (κ1) is 17.3. The van der Waals surface area contributed by atoms with Crippen LogP contribution in [0.15, 0.2) is 42.6 Å². The van der Waals surface area contributed by atoms with Gasteiger partial charge in [0.05, 0.1) is 16.8 Å². The number of nitrogens with zero attached hydrogens (tertiary/aromatic N) is 2. The number of carbonyl (C=O) groups is 2. The molecule has 0 aliphatic heterocycles. The lowest BCUT2D eigenvalue weighted by Gasteiger charge is -2.08. The molecule has 4 rings (SSSR count). The summed E-state index contributed by atoms with van der Waals surface area (Å²) in [7, 11) is 0. The fourth-order valence-electron chi connectivity index (χ4n) is 3.08. The van der Waals surface area contributed by atoms with E-state index < -0.39 is 5.91 Å². The number of carbonyl (C=O) groups excluding carboxylic acids is 2. The van der Waals surface area contributed by atoms with E-state index >= 15 is 0 Å². The molecule has 1 aliphatic rings. The molecule has 2 heterocycles. The minimum Gasteiger partial charge on any atom is -0.504 e. The topological polar surface area (TPSA) is 96.3 Å². The average molecular weight is 382 g/mol. The van der Waals surface area contributed by atoms with Crippen LogP contribution in [-0.4, -0.2) is 26.7 Å². The molecule has 2 amide bonds. The van der Waals surface area contributed by atoms with Crippen LogP contribution in [0, 0.1) is 0 Å². The van der Waals surface area contributed by atoms with Gasteiger partial charge in [-0.2, -0.15) is 5.10 Å². The summed E-state index contributed by atoms with van der Waals surface area (Å²) in [5.41, 5.74) is 6.48. The second kappa shape index (κ2) is 7.24. The summed E-state index contributed by atoms with van der Waals surface area (Å²) in [6.45, 7) is 0. The van der Waals surface area contributed by atoms with Crippen molar-refractivity contribution < 1.29 is 14.7 Å². The summed E-state index contributed by atoms with van der Waals surface area (Å²) in [6.07, 6.45) is 5.64. The smallest absolute Gasteiger partial charge is 0.294 e. The fourth-order valence-corrected chi connectivity index (χ4v) is 4.23. The highest BCUT2D eigenvalue weighted by molar-refractivity contribution is 7.14. The molecule has 0 saturated carbocycles. The molecule has 3 N–H and O–H groups in total. The first-order valence-electron chi connectivity index (χ1n) is 8.68. The first-order valence-corrected chi connectivity index (χ1v) is 9.50. The van der Waals surface area contributed by atoms with Crippen LogP contribution in [-0.2, 0) is 12.8 Å². The van der Waals surface area contributed by atoms with Crippen LogP contribution in [0.2, 0.25) is 0 Å². The molecule has 0 spiro atoms. The minimum atomic E-state index is -0.683. The lowest BCUT2D eigenvalue weighted by atomic mass is 9.99. The van der Waals surface area contributed by atoms with E-state index in [0.29, 0.717) is 10.6 Å². The third-order valence-electron chi connectivity index (χ3n) is 4.44. The second-order valence-corrected chi connectivity index (χ2v) is 7.45. The van der Waals surface area contributed by atoms with Gasteiger partial charge in [-0.15, -0.1) is 11.3 Å². The summed E-state index contributed by atoms with van der Waals surface area (Å²) in [5.74, 6) is -1.32. The molecular weight excluding hydrogens is 364 g/mol. The molecule has 1 aliphatic carbocycles. The second-order valence-electron chi connectivity index (χ2n) is 6.32. The Balaban J connectivity index is 1.43. The van der Waals surface area contributed by atoms with Gasteiger partial charge >= 0.3 is 0 Å². The SMILES string of the molecule is O=C(NNC(=O)c1nn(-c2ccccc2)cc1O)c1cc2c(s1)CCCC2. The fraction of sp³-hybridized carbons (Fsp3) is 0.211. The van der Waals surface area contributed by atoms with E-state index in [0.717, 1.165) is 25.7 Å². The van der Waals surface area contributed by atoms with Crippen LogP contribution < -0.4 is 10.9 Å². The molecule has 0 unspecified atom stereocenters. The molecule has 0 saturated heterocycles. The van der Waals surface area contributed by atoms with Crippen molar-refractivity contribution in [3.8, 4) is 11.4 Å². The zero-order valence-electron chi connectivity index (χ0n) is 14.4. The van der Waals surface area contributed by atoms with Crippen molar-refractivity contribution in [1.82, 2.24) is 20.6 Å². The zero-order chi connectivity index (χ0) is 18.8. The lowest BCUT2D eigenvalue weighted by molar-refractivity contribution is 0.0844. The summed E-state index contributed by atoms with van der Waals surface area (Å²) in [6, 6.07) is 11.0. The van der Waals surface area contributed by atoms with Gasteiger partial charge in [-0.1, -0.05) is 18.2 Å². The molecule has 138 valence electrons. The van der Waals surface area contributed by atoms with Gasteiger partial charge in [-0.25, -0.2) is 4.68 Å². The molecule has 27 heavy (non-hydrogen) atoms. The Morgan fingerprint density at radius 3 is 2.59 bits per heavy atom. The average Bonchev–Trinajstić information content (AvgIpc) is 3.30. The Morgan fingerprint density at radius 1 is 1.07 bits per heavy atom. The Morgan fingerprint density at radius 2 is 1.81 bits per heavy atom. The molecule has 8 heteroatoms. The van der Waals surface area contributed by atoms with Gasteiger partial charge < -0.3 is 5.11 Å². The van der Waals surface area contributed by atoms with Gasteiger partial charge in [0.2, 0.25) is 0 Å². The van der Waals surface area contributed by atoms with E-state index in [1.807, 2.05) is 24.3 Å². The monoisotopic (exact) mass is 382 g/mol. The van der Waals surface area contributed by atoms with Crippen LogP contribution in [0.5, 0.6) is 5.75 Å². The molecule has 0 atom stereocenters. The number of para-hydroxylation sites is 1. The Bertz CT molecular complexity index is 970. The van der Waals surface area contributed by atoms with Gasteiger partial charge in [0.25, 0.3) is 11.8 Å². The number of amides is 2. The highest BCUT2D eigenvalue weighted by atomic mass is 32.1. The Labute approximate surface area is 159 Å². The van der Waals surface area contributed by atoms with E-state index in [9.17, 15) is 14.7 Å². The summed E-state index contributed by atoms with van der Waals surface area (Å²) in [5, 5.41) is 14.1. The van der Waals surface area contributed by atoms with Gasteiger partial charge in [-0.3, -0.25) is 20.4 Å². The predicted octanol–water partition coefficient (Wildman–Crippen LogP) is 2.59. The number of hydrazine groups is 1. The minimum absolute atomic E-state index is 0.162. The maximum atomic E-state index is 12.3. The van der Waals surface area contributed by atoms with Crippen molar-refractivity contribution in [2.75, 3.05) is 0 Å². The number of aryl methyl sites for hydroxylation is 2. The number of thiophene rings is 1. The van der Waals surface area contributed by atoms with E-state index in [1.54, 1.807) is 12.1 Å². The highest BCUT2D eigenvalue weighted by Gasteiger charge is 2.20. The van der Waals surface area contributed by atoms with Gasteiger partial charge in [0.1, 0.15) is 0 Å². The van der Waals surface area contributed by atoms with E-state index in [2.05, 4.69) is 16.0 Å². The first-order chi connectivity index (χ1) is 13.1. The normalized spacial score (nSPS) is 13.0. The Kier molecular flexibility index (Phi) is 4.64. The molecule has 7 nitrogen and oxygen atoms in total. The molecule has 1 aromatic carbocycles. The van der Waals surface area contributed by atoms with Crippen molar-refractivity contribution in [3.63, 3.8) is 0 Å². The number of aromatic nitrogens is 2. The molecule has 0 radical (unpaired) electrons. The van der Waals surface area contributed by atoms with Crippen LogP contribution >= 0.6 is 11.3 Å². The number of aromatic hydroxyl groups is 1. The number of hydrogen-bond acceptors (Lipinski definition) is 5. The largest absolute Gasteiger partial charge is 0.504 e. The van der Waals surface area contributed by atoms with Crippen LogP contribution in [0.4, 0.5) is 0 Å². The Hall–Kier alpha value is -3.13. The van der Waals surface area contributed by atoms with Crippen LogP contribution in [0.3, 0.4) is 0 Å². The van der Waals surface area contributed by atoms with Crippen molar-refractivity contribution in [1.29, 1.82) is 0 Å². The lowest BCUT2D eigenvalue weighted by Crippen LogP contribution is -2.41. The van der Waals surface area contributed by atoms with Crippen molar-refractivity contribution >= 4 is 23.2 Å². The quantitative estimate of drug-likeness (QED) is 0.607. The van der Waals surface area contributed by atoms with Crippen LogP contribution in [0.1, 0.15) is 43.4 Å². The number of rotatable bonds is 3. The zero-order valence-corrected chi connectivity index (χ0v) is 15.3.